The van der Waals surface area contributed by atoms with Crippen LogP contribution in [0.4, 0.5) is 4.39 Å². The van der Waals surface area contributed by atoms with Gasteiger partial charge in [-0.1, -0.05) is 6.07 Å². The van der Waals surface area contributed by atoms with Crippen LogP contribution in [-0.4, -0.2) is 31.4 Å². The van der Waals surface area contributed by atoms with E-state index in [2.05, 4.69) is 4.72 Å². The molecule has 0 aliphatic heterocycles. The van der Waals surface area contributed by atoms with E-state index in [9.17, 15) is 17.6 Å². The van der Waals surface area contributed by atoms with Crippen molar-refractivity contribution in [2.45, 2.75) is 43.5 Å². The molecule has 30 heavy (non-hydrogen) atoms. The van der Waals surface area contributed by atoms with Gasteiger partial charge in [0.15, 0.2) is 0 Å². The van der Waals surface area contributed by atoms with Gasteiger partial charge < -0.3 is 9.14 Å². The van der Waals surface area contributed by atoms with Gasteiger partial charge in [-0.25, -0.2) is 17.5 Å². The maximum atomic E-state index is 13.1. The van der Waals surface area contributed by atoms with Crippen molar-refractivity contribution in [2.24, 2.45) is 0 Å². The van der Waals surface area contributed by atoms with Crippen LogP contribution in [0.3, 0.4) is 0 Å². The number of sulfonamides is 1. The Hall–Kier alpha value is -2.71. The van der Waals surface area contributed by atoms with Gasteiger partial charge in [0.1, 0.15) is 5.82 Å². The van der Waals surface area contributed by atoms with Gasteiger partial charge in [-0.05, 0) is 73.7 Å². The number of esters is 1. The van der Waals surface area contributed by atoms with E-state index in [1.54, 1.807) is 6.92 Å². The molecule has 2 aromatic heterocycles. The summed E-state index contributed by atoms with van der Waals surface area (Å²) < 4.78 is 48.4. The van der Waals surface area contributed by atoms with E-state index < -0.39 is 15.8 Å². The molecular formula is C22H23FN2O4S. The number of aromatic nitrogens is 1. The van der Waals surface area contributed by atoms with Crippen LogP contribution in [0.5, 0.6) is 0 Å². The Balaban J connectivity index is 1.62. The fourth-order valence-electron chi connectivity index (χ4n) is 4.13. The summed E-state index contributed by atoms with van der Waals surface area (Å²) in [5.74, 6) is -0.756. The van der Waals surface area contributed by atoms with E-state index in [-0.39, 0.29) is 23.3 Å². The molecule has 0 spiro atoms. The lowest BCUT2D eigenvalue weighted by Gasteiger charge is -2.24. The highest BCUT2D eigenvalue weighted by Crippen LogP contribution is 2.32. The molecule has 1 aromatic carbocycles. The Morgan fingerprint density at radius 1 is 1.20 bits per heavy atom. The molecule has 1 aliphatic rings. The second kappa shape index (κ2) is 8.20. The number of nitrogens with zero attached hydrogens (tertiary/aromatic N) is 1. The minimum absolute atomic E-state index is 0.0411. The Labute approximate surface area is 174 Å². The summed E-state index contributed by atoms with van der Waals surface area (Å²) in [5, 5.41) is 0. The van der Waals surface area contributed by atoms with Crippen molar-refractivity contribution in [3.63, 3.8) is 0 Å². The highest BCUT2D eigenvalue weighted by atomic mass is 32.2. The third kappa shape index (κ3) is 3.97. The first-order valence-electron chi connectivity index (χ1n) is 9.92. The molecule has 4 rings (SSSR count). The first-order chi connectivity index (χ1) is 14.4. The molecule has 8 heteroatoms. The fraction of sp³-hybridized carbons (Fsp3) is 0.318. The minimum atomic E-state index is -3.75. The lowest BCUT2D eigenvalue weighted by molar-refractivity contribution is -0.142. The first-order valence-corrected chi connectivity index (χ1v) is 11.4. The van der Waals surface area contributed by atoms with Crippen LogP contribution in [0.25, 0.3) is 5.52 Å². The van der Waals surface area contributed by atoms with Crippen LogP contribution < -0.4 is 4.72 Å². The predicted molar refractivity (Wildman–Crippen MR) is 110 cm³/mol. The van der Waals surface area contributed by atoms with Crippen molar-refractivity contribution >= 4 is 21.5 Å². The second-order valence-corrected chi connectivity index (χ2v) is 9.07. The summed E-state index contributed by atoms with van der Waals surface area (Å²) in [6.07, 6.45) is 3.88. The summed E-state index contributed by atoms with van der Waals surface area (Å²) in [7, 11) is -3.75. The summed E-state index contributed by atoms with van der Waals surface area (Å²) in [6.45, 7) is 2.11. The van der Waals surface area contributed by atoms with Gasteiger partial charge in [0.05, 0.1) is 17.9 Å². The van der Waals surface area contributed by atoms with Gasteiger partial charge in [-0.3, -0.25) is 4.79 Å². The van der Waals surface area contributed by atoms with Gasteiger partial charge in [0.25, 0.3) is 0 Å². The summed E-state index contributed by atoms with van der Waals surface area (Å²) in [5.41, 5.74) is 4.01. The fourth-order valence-corrected chi connectivity index (χ4v) is 5.40. The molecule has 0 bridgehead atoms. The topological polar surface area (TPSA) is 76.9 Å². The van der Waals surface area contributed by atoms with Gasteiger partial charge in [0, 0.05) is 23.4 Å². The molecule has 0 amide bonds. The van der Waals surface area contributed by atoms with Crippen molar-refractivity contribution in [2.75, 3.05) is 6.61 Å². The van der Waals surface area contributed by atoms with E-state index in [0.29, 0.717) is 25.9 Å². The van der Waals surface area contributed by atoms with E-state index in [1.165, 1.54) is 12.1 Å². The second-order valence-electron chi connectivity index (χ2n) is 7.36. The number of hydrogen-bond donors (Lipinski definition) is 1. The number of halogens is 1. The van der Waals surface area contributed by atoms with Gasteiger partial charge in [-0.2, -0.15) is 0 Å². The number of ether oxygens (including phenoxy) is 1. The smallest absolute Gasteiger partial charge is 0.311 e. The van der Waals surface area contributed by atoms with Crippen LogP contribution in [0, 0.1) is 5.82 Å². The average Bonchev–Trinajstić information content (AvgIpc) is 3.01. The molecular weight excluding hydrogens is 407 g/mol. The Morgan fingerprint density at radius 3 is 2.70 bits per heavy atom. The zero-order chi connectivity index (χ0) is 21.3. The molecule has 0 radical (unpaired) electrons. The number of nitrogens with one attached hydrogen (secondary N) is 1. The minimum Gasteiger partial charge on any atom is -0.466 e. The lowest BCUT2D eigenvalue weighted by atomic mass is 9.89. The van der Waals surface area contributed by atoms with Crippen molar-refractivity contribution in [3.05, 3.63) is 71.3 Å². The van der Waals surface area contributed by atoms with E-state index in [4.69, 9.17) is 4.74 Å². The number of carbonyl (C=O) groups excluding carboxylic acids is 1. The third-order valence-electron chi connectivity index (χ3n) is 5.43. The number of rotatable bonds is 6. The van der Waals surface area contributed by atoms with Crippen LogP contribution in [-0.2, 0) is 38.8 Å². The Bertz CT molecular complexity index is 1190. The van der Waals surface area contributed by atoms with E-state index in [1.807, 2.05) is 28.8 Å². The molecule has 3 aromatic rings. The number of fused-ring (bicyclic) bond motifs is 3. The maximum absolute atomic E-state index is 13.1. The standard InChI is InChI=1S/C22H23FN2O4S/c1-2-29-22(26)14-21-18-11-8-16(13-19(18)20-5-3-4-12-25(20)21)24-30(27,28)17-9-6-15(23)7-10-17/h3-7,9-10,12,16,24H,2,8,11,13-14H2,1H3. The molecule has 0 saturated carbocycles. The zero-order valence-corrected chi connectivity index (χ0v) is 17.4. The molecule has 1 aliphatic carbocycles. The van der Waals surface area contributed by atoms with E-state index in [0.717, 1.165) is 34.5 Å². The average molecular weight is 431 g/mol. The molecule has 6 nitrogen and oxygen atoms in total. The van der Waals surface area contributed by atoms with Crippen LogP contribution in [0.1, 0.15) is 30.2 Å². The van der Waals surface area contributed by atoms with Crippen molar-refractivity contribution in [1.82, 2.24) is 9.12 Å². The summed E-state index contributed by atoms with van der Waals surface area (Å²) in [4.78, 5) is 12.2. The quantitative estimate of drug-likeness (QED) is 0.610. The molecule has 1 unspecified atom stereocenters. The van der Waals surface area contributed by atoms with Crippen LogP contribution in [0.2, 0.25) is 0 Å². The highest BCUT2D eigenvalue weighted by Gasteiger charge is 2.29. The lowest BCUT2D eigenvalue weighted by Crippen LogP contribution is -2.38. The molecule has 0 saturated heterocycles. The Kier molecular flexibility index (Phi) is 5.62. The molecule has 1 N–H and O–H groups in total. The largest absolute Gasteiger partial charge is 0.466 e. The van der Waals surface area contributed by atoms with Crippen molar-refractivity contribution in [3.8, 4) is 0 Å². The molecule has 0 fully saturated rings. The highest BCUT2D eigenvalue weighted by molar-refractivity contribution is 7.89. The van der Waals surface area contributed by atoms with Crippen molar-refractivity contribution in [1.29, 1.82) is 0 Å². The summed E-state index contributed by atoms with van der Waals surface area (Å²) >= 11 is 0. The van der Waals surface area contributed by atoms with Crippen molar-refractivity contribution < 1.29 is 22.3 Å². The van der Waals surface area contributed by atoms with Crippen LogP contribution in [0.15, 0.2) is 53.6 Å². The number of pyridine rings is 1. The molecule has 158 valence electrons. The predicted octanol–water partition coefficient (Wildman–Crippen LogP) is 3.02. The maximum Gasteiger partial charge on any atom is 0.311 e. The number of carbonyl (C=O) groups is 1. The SMILES string of the molecule is CCOC(=O)Cc1c2c(c3ccccn13)CC(NS(=O)(=O)c1ccc(F)cc1)CC2. The zero-order valence-electron chi connectivity index (χ0n) is 16.6. The normalized spacial score (nSPS) is 16.4. The number of benzene rings is 1. The first kappa shape index (κ1) is 20.6. The Morgan fingerprint density at radius 2 is 1.97 bits per heavy atom. The van der Waals surface area contributed by atoms with Gasteiger partial charge in [0.2, 0.25) is 10.0 Å². The van der Waals surface area contributed by atoms with Gasteiger partial charge >= 0.3 is 5.97 Å². The molecule has 1 atom stereocenters. The monoisotopic (exact) mass is 430 g/mol. The molecule has 2 heterocycles. The van der Waals surface area contributed by atoms with Crippen LogP contribution >= 0.6 is 0 Å². The third-order valence-corrected chi connectivity index (χ3v) is 6.97. The summed E-state index contributed by atoms with van der Waals surface area (Å²) in [6, 6.07) is 10.3. The number of hydrogen-bond acceptors (Lipinski definition) is 4. The van der Waals surface area contributed by atoms with Gasteiger partial charge in [-0.15, -0.1) is 0 Å². The van der Waals surface area contributed by atoms with E-state index >= 15 is 0 Å².